The Morgan fingerprint density at radius 1 is 1.44 bits per heavy atom. The zero-order valence-electron chi connectivity index (χ0n) is 8.85. The Bertz CT molecular complexity index is 502. The minimum Gasteiger partial charge on any atom is -0.361 e. The first-order valence-corrected chi connectivity index (χ1v) is 4.66. The molecule has 1 amide bonds. The summed E-state index contributed by atoms with van der Waals surface area (Å²) in [6.07, 6.45) is 0. The molecule has 0 bridgehead atoms. The van der Waals surface area contributed by atoms with Gasteiger partial charge in [-0.2, -0.15) is 4.98 Å². The van der Waals surface area contributed by atoms with Crippen LogP contribution in [0.2, 0.25) is 0 Å². The molecule has 2 aromatic rings. The molecule has 7 nitrogen and oxygen atoms in total. The van der Waals surface area contributed by atoms with E-state index in [2.05, 4.69) is 20.6 Å². The number of rotatable bonds is 3. The topological polar surface area (TPSA) is 94.1 Å². The number of hydrogen-bond acceptors (Lipinski definition) is 6. The molecule has 0 unspecified atom stereocenters. The SMILES string of the molecule is CC(=O)NCc1nc(-c2cc(C)on2)no1. The second-order valence-electron chi connectivity index (χ2n) is 3.24. The summed E-state index contributed by atoms with van der Waals surface area (Å²) in [5.41, 5.74) is 0.510. The second kappa shape index (κ2) is 4.13. The lowest BCUT2D eigenvalue weighted by Gasteiger charge is -1.93. The van der Waals surface area contributed by atoms with E-state index in [1.807, 2.05) is 0 Å². The number of carbonyl (C=O) groups is 1. The molecule has 16 heavy (non-hydrogen) atoms. The Labute approximate surface area is 90.8 Å². The maximum atomic E-state index is 10.7. The average Bonchev–Trinajstić information content (AvgIpc) is 2.83. The first-order chi connectivity index (χ1) is 7.65. The lowest BCUT2D eigenvalue weighted by molar-refractivity contribution is -0.119. The van der Waals surface area contributed by atoms with Crippen LogP contribution in [0.1, 0.15) is 18.6 Å². The number of hydrogen-bond donors (Lipinski definition) is 1. The molecule has 0 atom stereocenters. The first-order valence-electron chi connectivity index (χ1n) is 4.66. The highest BCUT2D eigenvalue weighted by atomic mass is 16.5. The third kappa shape index (κ3) is 2.25. The van der Waals surface area contributed by atoms with E-state index in [1.165, 1.54) is 6.92 Å². The summed E-state index contributed by atoms with van der Waals surface area (Å²) in [4.78, 5) is 14.7. The van der Waals surface area contributed by atoms with Gasteiger partial charge in [0.2, 0.25) is 17.6 Å². The average molecular weight is 222 g/mol. The summed E-state index contributed by atoms with van der Waals surface area (Å²) >= 11 is 0. The quantitative estimate of drug-likeness (QED) is 0.820. The summed E-state index contributed by atoms with van der Waals surface area (Å²) in [6, 6.07) is 1.70. The van der Waals surface area contributed by atoms with Crippen LogP contribution in [0.3, 0.4) is 0 Å². The third-order valence-electron chi connectivity index (χ3n) is 1.81. The van der Waals surface area contributed by atoms with Gasteiger partial charge in [-0.3, -0.25) is 4.79 Å². The molecule has 0 spiro atoms. The molecule has 2 rings (SSSR count). The molecule has 0 aromatic carbocycles. The van der Waals surface area contributed by atoms with Gasteiger partial charge in [-0.25, -0.2) is 0 Å². The van der Waals surface area contributed by atoms with Gasteiger partial charge >= 0.3 is 0 Å². The van der Waals surface area contributed by atoms with Gasteiger partial charge in [0, 0.05) is 13.0 Å². The summed E-state index contributed by atoms with van der Waals surface area (Å²) in [6.45, 7) is 3.40. The van der Waals surface area contributed by atoms with Gasteiger partial charge in [0.25, 0.3) is 0 Å². The van der Waals surface area contributed by atoms with Crippen LogP contribution >= 0.6 is 0 Å². The van der Waals surface area contributed by atoms with E-state index in [0.717, 1.165) is 0 Å². The number of amides is 1. The lowest BCUT2D eigenvalue weighted by Crippen LogP contribution is -2.18. The number of nitrogens with one attached hydrogen (secondary N) is 1. The van der Waals surface area contributed by atoms with E-state index >= 15 is 0 Å². The Morgan fingerprint density at radius 2 is 2.25 bits per heavy atom. The number of carbonyl (C=O) groups excluding carboxylic acids is 1. The molecule has 0 aliphatic carbocycles. The van der Waals surface area contributed by atoms with Crippen LogP contribution < -0.4 is 5.32 Å². The molecule has 0 aliphatic rings. The van der Waals surface area contributed by atoms with Crippen molar-refractivity contribution in [3.05, 3.63) is 17.7 Å². The lowest BCUT2D eigenvalue weighted by atomic mass is 10.4. The Morgan fingerprint density at radius 3 is 2.88 bits per heavy atom. The Balaban J connectivity index is 2.10. The van der Waals surface area contributed by atoms with Crippen molar-refractivity contribution in [3.63, 3.8) is 0 Å². The maximum Gasteiger partial charge on any atom is 0.246 e. The largest absolute Gasteiger partial charge is 0.361 e. The molecule has 0 aliphatic heterocycles. The fraction of sp³-hybridized carbons (Fsp3) is 0.333. The molecule has 1 N–H and O–H groups in total. The van der Waals surface area contributed by atoms with Crippen LogP contribution in [-0.2, 0) is 11.3 Å². The number of aromatic nitrogens is 3. The van der Waals surface area contributed by atoms with E-state index in [9.17, 15) is 4.79 Å². The smallest absolute Gasteiger partial charge is 0.246 e. The molecular weight excluding hydrogens is 212 g/mol. The van der Waals surface area contributed by atoms with E-state index in [1.54, 1.807) is 13.0 Å². The third-order valence-corrected chi connectivity index (χ3v) is 1.81. The minimum atomic E-state index is -0.156. The Kier molecular flexibility index (Phi) is 2.67. The van der Waals surface area contributed by atoms with Crippen molar-refractivity contribution in [1.82, 2.24) is 20.6 Å². The van der Waals surface area contributed by atoms with Crippen LogP contribution in [0.4, 0.5) is 0 Å². The van der Waals surface area contributed by atoms with Gasteiger partial charge in [-0.15, -0.1) is 0 Å². The molecular formula is C9H10N4O3. The molecule has 7 heteroatoms. The molecule has 0 saturated carbocycles. The molecule has 84 valence electrons. The van der Waals surface area contributed by atoms with Crippen molar-refractivity contribution in [2.75, 3.05) is 0 Å². The molecule has 0 radical (unpaired) electrons. The van der Waals surface area contributed by atoms with Crippen molar-refractivity contribution < 1.29 is 13.8 Å². The van der Waals surface area contributed by atoms with Gasteiger partial charge in [-0.05, 0) is 6.92 Å². The van der Waals surface area contributed by atoms with Gasteiger partial charge in [0.15, 0.2) is 5.69 Å². The fourth-order valence-electron chi connectivity index (χ4n) is 1.10. The fourth-order valence-corrected chi connectivity index (χ4v) is 1.10. The first kappa shape index (κ1) is 10.3. The van der Waals surface area contributed by atoms with Crippen LogP contribution in [-0.4, -0.2) is 21.2 Å². The van der Waals surface area contributed by atoms with Crippen LogP contribution in [0, 0.1) is 6.92 Å². The summed E-state index contributed by atoms with van der Waals surface area (Å²) < 4.78 is 9.81. The monoisotopic (exact) mass is 222 g/mol. The standard InChI is InChI=1S/C9H10N4O3/c1-5-3-7(12-15-5)9-11-8(16-13-9)4-10-6(2)14/h3H,4H2,1-2H3,(H,10,14). The highest BCUT2D eigenvalue weighted by molar-refractivity contribution is 5.72. The van der Waals surface area contributed by atoms with Crippen molar-refractivity contribution in [2.45, 2.75) is 20.4 Å². The highest BCUT2D eigenvalue weighted by Gasteiger charge is 2.12. The van der Waals surface area contributed by atoms with Crippen molar-refractivity contribution >= 4 is 5.91 Å². The summed E-state index contributed by atoms with van der Waals surface area (Å²) in [5.74, 6) is 1.18. The maximum absolute atomic E-state index is 10.7. The predicted molar refractivity (Wildman–Crippen MR) is 52.1 cm³/mol. The van der Waals surface area contributed by atoms with E-state index < -0.39 is 0 Å². The van der Waals surface area contributed by atoms with Gasteiger partial charge in [-0.1, -0.05) is 10.3 Å². The van der Waals surface area contributed by atoms with Crippen molar-refractivity contribution in [3.8, 4) is 11.5 Å². The highest BCUT2D eigenvalue weighted by Crippen LogP contribution is 2.14. The molecule has 2 aromatic heterocycles. The van der Waals surface area contributed by atoms with E-state index in [0.29, 0.717) is 23.2 Å². The van der Waals surface area contributed by atoms with Crippen LogP contribution in [0.15, 0.2) is 15.1 Å². The van der Waals surface area contributed by atoms with Gasteiger partial charge in [0.1, 0.15) is 5.76 Å². The van der Waals surface area contributed by atoms with E-state index in [-0.39, 0.29) is 12.5 Å². The van der Waals surface area contributed by atoms with E-state index in [4.69, 9.17) is 9.05 Å². The number of aryl methyl sites for hydroxylation is 1. The minimum absolute atomic E-state index is 0.156. The predicted octanol–water partition coefficient (Wildman–Crippen LogP) is 0.669. The van der Waals surface area contributed by atoms with Crippen molar-refractivity contribution in [1.29, 1.82) is 0 Å². The molecule has 2 heterocycles. The van der Waals surface area contributed by atoms with Gasteiger partial charge < -0.3 is 14.4 Å². The second-order valence-corrected chi connectivity index (χ2v) is 3.24. The summed E-state index contributed by atoms with van der Waals surface area (Å²) in [5, 5.41) is 10.0. The zero-order chi connectivity index (χ0) is 11.5. The normalized spacial score (nSPS) is 10.4. The van der Waals surface area contributed by atoms with Crippen molar-refractivity contribution in [2.24, 2.45) is 0 Å². The van der Waals surface area contributed by atoms with Crippen LogP contribution in [0.25, 0.3) is 11.5 Å². The van der Waals surface area contributed by atoms with Crippen LogP contribution in [0.5, 0.6) is 0 Å². The summed E-state index contributed by atoms with van der Waals surface area (Å²) in [7, 11) is 0. The Hall–Kier alpha value is -2.18. The molecule has 0 fully saturated rings. The molecule has 0 saturated heterocycles. The zero-order valence-corrected chi connectivity index (χ0v) is 8.85. The van der Waals surface area contributed by atoms with Gasteiger partial charge in [0.05, 0.1) is 6.54 Å². The number of nitrogens with zero attached hydrogens (tertiary/aromatic N) is 3.